The highest BCUT2D eigenvalue weighted by Gasteiger charge is 2.05. The van der Waals surface area contributed by atoms with E-state index in [9.17, 15) is 4.39 Å². The van der Waals surface area contributed by atoms with Gasteiger partial charge in [0.05, 0.1) is 4.47 Å². The minimum absolute atomic E-state index is 0.195. The van der Waals surface area contributed by atoms with Gasteiger partial charge < -0.3 is 10.5 Å². The van der Waals surface area contributed by atoms with E-state index < -0.39 is 0 Å². The maximum absolute atomic E-state index is 13.1. The molecule has 3 nitrogen and oxygen atoms in total. The number of thiocarbonyl (C=S) groups is 1. The number of hydrogen-bond acceptors (Lipinski definition) is 3. The Hall–Kier alpha value is -1.53. The molecule has 0 bridgehead atoms. The lowest BCUT2D eigenvalue weighted by molar-refractivity contribution is 0.460. The molecule has 2 rings (SSSR count). The van der Waals surface area contributed by atoms with Crippen molar-refractivity contribution in [1.29, 1.82) is 0 Å². The second kappa shape index (κ2) is 5.41. The second-order valence-electron chi connectivity index (χ2n) is 3.40. The van der Waals surface area contributed by atoms with Gasteiger partial charge in [0.25, 0.3) is 0 Å². The summed E-state index contributed by atoms with van der Waals surface area (Å²) in [6, 6.07) is 9.42. The van der Waals surface area contributed by atoms with Gasteiger partial charge >= 0.3 is 0 Å². The van der Waals surface area contributed by atoms with E-state index in [1.807, 2.05) is 0 Å². The number of benzene rings is 1. The Kier molecular flexibility index (Phi) is 3.88. The van der Waals surface area contributed by atoms with Gasteiger partial charge in [0.15, 0.2) is 0 Å². The summed E-state index contributed by atoms with van der Waals surface area (Å²) in [7, 11) is 0. The maximum atomic E-state index is 13.1. The number of nitrogens with two attached hydrogens (primary N) is 1. The summed E-state index contributed by atoms with van der Waals surface area (Å²) < 4.78 is 18.9. The number of nitrogens with zero attached hydrogens (tertiary/aromatic N) is 1. The summed E-state index contributed by atoms with van der Waals surface area (Å²) in [5.41, 5.74) is 5.95. The molecule has 0 saturated carbocycles. The van der Waals surface area contributed by atoms with E-state index in [-0.39, 0.29) is 10.8 Å². The number of hydrogen-bond donors (Lipinski definition) is 1. The molecule has 2 aromatic rings. The fourth-order valence-corrected chi connectivity index (χ4v) is 1.74. The summed E-state index contributed by atoms with van der Waals surface area (Å²) in [5, 5.41) is 0. The molecule has 1 aromatic carbocycles. The molecular formula is C12H8BrFN2OS. The zero-order valence-electron chi connectivity index (χ0n) is 9.06. The molecule has 0 aliphatic rings. The van der Waals surface area contributed by atoms with Crippen molar-refractivity contribution in [2.45, 2.75) is 0 Å². The van der Waals surface area contributed by atoms with Crippen LogP contribution in [0.2, 0.25) is 0 Å². The first-order valence-corrected chi connectivity index (χ1v) is 6.16. The van der Waals surface area contributed by atoms with Crippen LogP contribution in [0.1, 0.15) is 5.69 Å². The molecule has 0 fully saturated rings. The van der Waals surface area contributed by atoms with Gasteiger partial charge in [-0.3, -0.25) is 0 Å². The van der Waals surface area contributed by atoms with Crippen molar-refractivity contribution in [3.63, 3.8) is 0 Å². The predicted molar refractivity (Wildman–Crippen MR) is 74.3 cm³/mol. The van der Waals surface area contributed by atoms with E-state index in [0.29, 0.717) is 21.8 Å². The van der Waals surface area contributed by atoms with Crippen LogP contribution in [-0.2, 0) is 0 Å². The molecule has 1 heterocycles. The molecule has 18 heavy (non-hydrogen) atoms. The molecule has 0 spiro atoms. The van der Waals surface area contributed by atoms with Gasteiger partial charge in [-0.1, -0.05) is 18.3 Å². The fraction of sp³-hybridized carbons (Fsp3) is 0. The van der Waals surface area contributed by atoms with E-state index in [1.165, 1.54) is 18.2 Å². The van der Waals surface area contributed by atoms with Gasteiger partial charge in [0.1, 0.15) is 22.2 Å². The van der Waals surface area contributed by atoms with Crippen LogP contribution in [0.25, 0.3) is 0 Å². The minimum Gasteiger partial charge on any atom is -0.439 e. The van der Waals surface area contributed by atoms with Crippen LogP contribution in [-0.4, -0.2) is 9.97 Å². The molecule has 0 amide bonds. The standard InChI is InChI=1S/C12H8BrFN2OS/c13-8-6-7(4-5-9(8)14)17-11-3-1-2-10(16-11)12(15)18/h1-6H,(H2,15,18). The highest BCUT2D eigenvalue weighted by molar-refractivity contribution is 9.10. The van der Waals surface area contributed by atoms with Gasteiger partial charge in [-0.15, -0.1) is 0 Å². The number of aromatic nitrogens is 1. The van der Waals surface area contributed by atoms with Crippen LogP contribution in [0.4, 0.5) is 4.39 Å². The first kappa shape index (κ1) is 12.9. The van der Waals surface area contributed by atoms with Crippen molar-refractivity contribution in [3.8, 4) is 11.6 Å². The molecule has 0 radical (unpaired) electrons. The van der Waals surface area contributed by atoms with E-state index >= 15 is 0 Å². The smallest absolute Gasteiger partial charge is 0.219 e. The third kappa shape index (κ3) is 3.02. The van der Waals surface area contributed by atoms with E-state index in [2.05, 4.69) is 20.9 Å². The summed E-state index contributed by atoms with van der Waals surface area (Å²) in [6.07, 6.45) is 0. The molecule has 0 saturated heterocycles. The minimum atomic E-state index is -0.354. The molecule has 0 aliphatic carbocycles. The molecule has 2 N–H and O–H groups in total. The van der Waals surface area contributed by atoms with Crippen LogP contribution in [0, 0.1) is 5.82 Å². The Morgan fingerprint density at radius 3 is 2.78 bits per heavy atom. The monoisotopic (exact) mass is 326 g/mol. The predicted octanol–water partition coefficient (Wildman–Crippen LogP) is 3.41. The van der Waals surface area contributed by atoms with Crippen LogP contribution in [0.5, 0.6) is 11.6 Å². The quantitative estimate of drug-likeness (QED) is 0.878. The summed E-state index contributed by atoms with van der Waals surface area (Å²) in [6.45, 7) is 0. The average molecular weight is 327 g/mol. The van der Waals surface area contributed by atoms with Gasteiger partial charge in [0.2, 0.25) is 5.88 Å². The Morgan fingerprint density at radius 2 is 2.11 bits per heavy atom. The SMILES string of the molecule is NC(=S)c1cccc(Oc2ccc(F)c(Br)c2)n1. The lowest BCUT2D eigenvalue weighted by atomic mass is 10.3. The van der Waals surface area contributed by atoms with Crippen molar-refractivity contribution in [2.24, 2.45) is 5.73 Å². The molecule has 92 valence electrons. The Bertz CT molecular complexity index is 606. The Balaban J connectivity index is 2.25. The average Bonchev–Trinajstić information content (AvgIpc) is 2.34. The molecular weight excluding hydrogens is 319 g/mol. The summed E-state index contributed by atoms with van der Waals surface area (Å²) >= 11 is 7.91. The Morgan fingerprint density at radius 1 is 1.33 bits per heavy atom. The van der Waals surface area contributed by atoms with Crippen molar-refractivity contribution in [2.75, 3.05) is 0 Å². The molecule has 0 unspecified atom stereocenters. The highest BCUT2D eigenvalue weighted by atomic mass is 79.9. The van der Waals surface area contributed by atoms with Crippen LogP contribution in [0.3, 0.4) is 0 Å². The van der Waals surface area contributed by atoms with Crippen molar-refractivity contribution >= 4 is 33.1 Å². The van der Waals surface area contributed by atoms with Crippen molar-refractivity contribution in [3.05, 3.63) is 52.4 Å². The largest absolute Gasteiger partial charge is 0.439 e. The van der Waals surface area contributed by atoms with Gasteiger partial charge in [-0.25, -0.2) is 9.37 Å². The molecule has 0 aliphatic heterocycles. The highest BCUT2D eigenvalue weighted by Crippen LogP contribution is 2.25. The first-order chi connectivity index (χ1) is 8.56. The third-order valence-electron chi connectivity index (χ3n) is 2.09. The topological polar surface area (TPSA) is 48.1 Å². The molecule has 0 atom stereocenters. The van der Waals surface area contributed by atoms with E-state index in [1.54, 1.807) is 18.2 Å². The van der Waals surface area contributed by atoms with Gasteiger partial charge in [-0.2, -0.15) is 0 Å². The first-order valence-electron chi connectivity index (χ1n) is 4.96. The van der Waals surface area contributed by atoms with Crippen LogP contribution < -0.4 is 10.5 Å². The molecule has 6 heteroatoms. The van der Waals surface area contributed by atoms with E-state index in [4.69, 9.17) is 22.7 Å². The van der Waals surface area contributed by atoms with Crippen molar-refractivity contribution in [1.82, 2.24) is 4.98 Å². The molecule has 1 aromatic heterocycles. The van der Waals surface area contributed by atoms with Crippen LogP contribution in [0.15, 0.2) is 40.9 Å². The number of pyridine rings is 1. The van der Waals surface area contributed by atoms with Crippen molar-refractivity contribution < 1.29 is 9.13 Å². The summed E-state index contributed by atoms with van der Waals surface area (Å²) in [5.74, 6) is 0.460. The number of rotatable bonds is 3. The normalized spacial score (nSPS) is 10.1. The maximum Gasteiger partial charge on any atom is 0.219 e. The second-order valence-corrected chi connectivity index (χ2v) is 4.70. The summed E-state index contributed by atoms with van der Waals surface area (Å²) in [4.78, 5) is 4.32. The van der Waals surface area contributed by atoms with E-state index in [0.717, 1.165) is 0 Å². The lowest BCUT2D eigenvalue weighted by Gasteiger charge is -2.06. The van der Waals surface area contributed by atoms with Gasteiger partial charge in [0, 0.05) is 6.07 Å². The van der Waals surface area contributed by atoms with Gasteiger partial charge in [-0.05, 0) is 40.2 Å². The fourth-order valence-electron chi connectivity index (χ4n) is 1.27. The zero-order chi connectivity index (χ0) is 13.1. The third-order valence-corrected chi connectivity index (χ3v) is 2.91. The number of ether oxygens (including phenoxy) is 1. The van der Waals surface area contributed by atoms with Crippen LogP contribution >= 0.6 is 28.1 Å². The zero-order valence-corrected chi connectivity index (χ0v) is 11.5. The lowest BCUT2D eigenvalue weighted by Crippen LogP contribution is -2.11. The number of halogens is 2. The Labute approximate surface area is 117 Å².